The minimum atomic E-state index is -0.782. The molecule has 1 unspecified atom stereocenters. The number of carbonyl (C=O) groups is 1. The molecule has 0 aliphatic heterocycles. The van der Waals surface area contributed by atoms with Crippen molar-refractivity contribution in [3.05, 3.63) is 21.3 Å². The molecule has 3 nitrogen and oxygen atoms in total. The number of thiophene rings is 1. The molecule has 0 spiro atoms. The Morgan fingerprint density at radius 3 is 2.71 bits per heavy atom. The first-order chi connectivity index (χ1) is 7.45. The number of hydrogen-bond donors (Lipinski definition) is 2. The van der Waals surface area contributed by atoms with E-state index >= 15 is 0 Å². The van der Waals surface area contributed by atoms with Gasteiger partial charge in [-0.15, -0.1) is 23.7 Å². The Morgan fingerprint density at radius 2 is 2.24 bits per heavy atom. The van der Waals surface area contributed by atoms with Crippen molar-refractivity contribution in [3.63, 3.8) is 0 Å². The summed E-state index contributed by atoms with van der Waals surface area (Å²) < 4.78 is 0.730. The molecular formula is C11H18Cl2N2OS. The Kier molecular flexibility index (Phi) is 7.09. The van der Waals surface area contributed by atoms with E-state index < -0.39 is 5.54 Å². The highest BCUT2D eigenvalue weighted by molar-refractivity contribution is 7.16. The molecule has 1 rings (SSSR count). The normalized spacial score (nSPS) is 13.6. The van der Waals surface area contributed by atoms with Crippen molar-refractivity contribution in [2.24, 2.45) is 5.73 Å². The first-order valence-electron chi connectivity index (χ1n) is 5.27. The highest BCUT2D eigenvalue weighted by atomic mass is 35.5. The summed E-state index contributed by atoms with van der Waals surface area (Å²) in [5, 5.41) is 2.83. The van der Waals surface area contributed by atoms with Crippen LogP contribution in [0.3, 0.4) is 0 Å². The van der Waals surface area contributed by atoms with Crippen molar-refractivity contribution in [1.82, 2.24) is 5.32 Å². The number of hydrogen-bond acceptors (Lipinski definition) is 3. The van der Waals surface area contributed by atoms with Crippen molar-refractivity contribution in [3.8, 4) is 0 Å². The van der Waals surface area contributed by atoms with Crippen LogP contribution >= 0.6 is 35.3 Å². The molecule has 3 N–H and O–H groups in total. The van der Waals surface area contributed by atoms with E-state index in [9.17, 15) is 4.79 Å². The van der Waals surface area contributed by atoms with E-state index in [1.807, 2.05) is 19.1 Å². The fraction of sp³-hybridized carbons (Fsp3) is 0.545. The first-order valence-corrected chi connectivity index (χ1v) is 6.46. The molecule has 1 heterocycles. The monoisotopic (exact) mass is 296 g/mol. The molecule has 0 aliphatic carbocycles. The van der Waals surface area contributed by atoms with Crippen LogP contribution in [0.1, 0.15) is 31.6 Å². The van der Waals surface area contributed by atoms with Gasteiger partial charge in [-0.25, -0.2) is 0 Å². The van der Waals surface area contributed by atoms with Crippen molar-refractivity contribution < 1.29 is 4.79 Å². The molecule has 6 heteroatoms. The van der Waals surface area contributed by atoms with Crippen molar-refractivity contribution in [1.29, 1.82) is 0 Å². The standard InChI is InChI=1S/C11H17ClN2OS.ClH/c1-3-6-11(2,13)10(15)14-7-8-4-5-9(12)16-8;/h4-5H,3,6-7,13H2,1-2H3,(H,14,15);1H. The number of halogens is 2. The summed E-state index contributed by atoms with van der Waals surface area (Å²) in [6, 6.07) is 3.72. The van der Waals surface area contributed by atoms with Crippen LogP contribution in [0.2, 0.25) is 4.34 Å². The van der Waals surface area contributed by atoms with E-state index in [1.54, 1.807) is 6.92 Å². The second-order valence-corrected chi connectivity index (χ2v) is 5.86. The van der Waals surface area contributed by atoms with Gasteiger partial charge in [-0.2, -0.15) is 0 Å². The second-order valence-electron chi connectivity index (χ2n) is 4.06. The average Bonchev–Trinajstić information content (AvgIpc) is 2.60. The first kappa shape index (κ1) is 16.7. The van der Waals surface area contributed by atoms with Gasteiger partial charge in [-0.3, -0.25) is 4.79 Å². The Balaban J connectivity index is 0.00000256. The van der Waals surface area contributed by atoms with Gasteiger partial charge in [0.05, 0.1) is 16.4 Å². The maximum atomic E-state index is 11.8. The van der Waals surface area contributed by atoms with Gasteiger partial charge in [-0.05, 0) is 25.5 Å². The summed E-state index contributed by atoms with van der Waals surface area (Å²) in [6.07, 6.45) is 1.58. The minimum Gasteiger partial charge on any atom is -0.350 e. The Morgan fingerprint density at radius 1 is 1.59 bits per heavy atom. The summed E-state index contributed by atoms with van der Waals surface area (Å²) in [5.74, 6) is -0.112. The molecule has 1 aromatic rings. The van der Waals surface area contributed by atoms with Crippen LogP contribution in [0.4, 0.5) is 0 Å². The van der Waals surface area contributed by atoms with Gasteiger partial charge < -0.3 is 11.1 Å². The third kappa shape index (κ3) is 5.25. The van der Waals surface area contributed by atoms with Gasteiger partial charge in [0.25, 0.3) is 0 Å². The molecule has 0 aromatic carbocycles. The van der Waals surface area contributed by atoms with E-state index in [4.69, 9.17) is 17.3 Å². The molecule has 0 saturated heterocycles. The summed E-state index contributed by atoms with van der Waals surface area (Å²) in [6.45, 7) is 4.26. The maximum absolute atomic E-state index is 11.8. The molecular weight excluding hydrogens is 279 g/mol. The van der Waals surface area contributed by atoms with Crippen molar-refractivity contribution in [2.45, 2.75) is 38.8 Å². The predicted molar refractivity (Wildman–Crippen MR) is 75.9 cm³/mol. The van der Waals surface area contributed by atoms with Crippen LogP contribution in [0, 0.1) is 0 Å². The summed E-state index contributed by atoms with van der Waals surface area (Å²) in [5.41, 5.74) is 5.12. The van der Waals surface area contributed by atoms with Crippen LogP contribution in [0.25, 0.3) is 0 Å². The van der Waals surface area contributed by atoms with Crippen LogP contribution in [-0.4, -0.2) is 11.4 Å². The number of amides is 1. The Labute approximate surface area is 117 Å². The average molecular weight is 297 g/mol. The zero-order chi connectivity index (χ0) is 12.2. The minimum absolute atomic E-state index is 0. The van der Waals surface area contributed by atoms with Crippen molar-refractivity contribution in [2.75, 3.05) is 0 Å². The van der Waals surface area contributed by atoms with Gasteiger partial charge >= 0.3 is 0 Å². The van der Waals surface area contributed by atoms with Crippen LogP contribution < -0.4 is 11.1 Å². The quantitative estimate of drug-likeness (QED) is 0.878. The third-order valence-corrected chi connectivity index (χ3v) is 3.57. The van der Waals surface area contributed by atoms with Crippen LogP contribution in [-0.2, 0) is 11.3 Å². The molecule has 0 fully saturated rings. The fourth-order valence-corrected chi connectivity index (χ4v) is 2.48. The number of nitrogens with one attached hydrogen (secondary N) is 1. The predicted octanol–water partition coefficient (Wildman–Crippen LogP) is 2.96. The highest BCUT2D eigenvalue weighted by Crippen LogP contribution is 2.21. The van der Waals surface area contributed by atoms with Gasteiger partial charge in [0.2, 0.25) is 5.91 Å². The van der Waals surface area contributed by atoms with Crippen molar-refractivity contribution >= 4 is 41.3 Å². The summed E-state index contributed by atoms with van der Waals surface area (Å²) >= 11 is 7.26. The molecule has 0 saturated carbocycles. The lowest BCUT2D eigenvalue weighted by atomic mass is 9.96. The number of carbonyl (C=O) groups excluding carboxylic acids is 1. The fourth-order valence-electron chi connectivity index (χ4n) is 1.45. The van der Waals surface area contributed by atoms with E-state index in [2.05, 4.69) is 5.32 Å². The van der Waals surface area contributed by atoms with Gasteiger partial charge in [0.15, 0.2) is 0 Å². The SMILES string of the molecule is CCCC(C)(N)C(=O)NCc1ccc(Cl)s1.Cl. The van der Waals surface area contributed by atoms with Crippen LogP contribution in [0.15, 0.2) is 12.1 Å². The molecule has 1 aromatic heterocycles. The smallest absolute Gasteiger partial charge is 0.240 e. The molecule has 0 radical (unpaired) electrons. The molecule has 17 heavy (non-hydrogen) atoms. The zero-order valence-corrected chi connectivity index (χ0v) is 12.3. The van der Waals surface area contributed by atoms with E-state index in [0.29, 0.717) is 13.0 Å². The topological polar surface area (TPSA) is 55.1 Å². The van der Waals surface area contributed by atoms with E-state index in [-0.39, 0.29) is 18.3 Å². The summed E-state index contributed by atoms with van der Waals surface area (Å²) in [4.78, 5) is 12.8. The molecule has 0 bridgehead atoms. The van der Waals surface area contributed by atoms with Gasteiger partial charge in [0.1, 0.15) is 0 Å². The molecule has 1 atom stereocenters. The van der Waals surface area contributed by atoms with E-state index in [0.717, 1.165) is 15.6 Å². The largest absolute Gasteiger partial charge is 0.350 e. The lowest BCUT2D eigenvalue weighted by Gasteiger charge is -2.22. The lowest BCUT2D eigenvalue weighted by Crippen LogP contribution is -2.51. The van der Waals surface area contributed by atoms with E-state index in [1.165, 1.54) is 11.3 Å². The van der Waals surface area contributed by atoms with Gasteiger partial charge in [0, 0.05) is 4.88 Å². The summed E-state index contributed by atoms with van der Waals surface area (Å²) in [7, 11) is 0. The maximum Gasteiger partial charge on any atom is 0.240 e. The van der Waals surface area contributed by atoms with Gasteiger partial charge in [-0.1, -0.05) is 24.9 Å². The Bertz CT molecular complexity index is 366. The highest BCUT2D eigenvalue weighted by Gasteiger charge is 2.26. The lowest BCUT2D eigenvalue weighted by molar-refractivity contribution is -0.126. The van der Waals surface area contributed by atoms with Crippen LogP contribution in [0.5, 0.6) is 0 Å². The number of nitrogens with two attached hydrogens (primary N) is 1. The third-order valence-electron chi connectivity index (χ3n) is 2.34. The number of rotatable bonds is 5. The zero-order valence-electron chi connectivity index (χ0n) is 9.96. The molecule has 98 valence electrons. The second kappa shape index (κ2) is 7.21. The molecule has 0 aliphatic rings. The molecule has 1 amide bonds. The Hall–Kier alpha value is -0.290.